The number of epoxide rings is 1. The standard InChI is InChI=1S/C13H20O7Si/c1-8(14)18-21(3,19-9(2)15)20-13(16)7-10-4-5-11-12(6-10)17-11/h10-12H,4-7H2,1-3H3. The molecule has 0 aromatic heterocycles. The van der Waals surface area contributed by atoms with Gasteiger partial charge in [-0.25, -0.2) is 0 Å². The van der Waals surface area contributed by atoms with Gasteiger partial charge in [0, 0.05) is 26.8 Å². The molecule has 0 aromatic rings. The fourth-order valence-electron chi connectivity index (χ4n) is 2.74. The first-order chi connectivity index (χ1) is 9.77. The van der Waals surface area contributed by atoms with E-state index in [2.05, 4.69) is 0 Å². The fraction of sp³-hybridized carbons (Fsp3) is 0.769. The smallest absolute Gasteiger partial charge is 0.455 e. The molecular formula is C13H20O7Si. The van der Waals surface area contributed by atoms with Crippen molar-refractivity contribution >= 4 is 26.7 Å². The molecule has 8 heteroatoms. The first kappa shape index (κ1) is 16.0. The summed E-state index contributed by atoms with van der Waals surface area (Å²) in [5.41, 5.74) is 0. The van der Waals surface area contributed by atoms with Gasteiger partial charge >= 0.3 is 8.80 Å². The molecule has 0 N–H and O–H groups in total. The van der Waals surface area contributed by atoms with Crippen LogP contribution in [0.25, 0.3) is 0 Å². The summed E-state index contributed by atoms with van der Waals surface area (Å²) in [6.45, 7) is 3.71. The molecule has 0 aromatic carbocycles. The second kappa shape index (κ2) is 6.14. The lowest BCUT2D eigenvalue weighted by atomic mass is 9.87. The van der Waals surface area contributed by atoms with Crippen LogP contribution >= 0.6 is 0 Å². The highest BCUT2D eigenvalue weighted by Crippen LogP contribution is 2.40. The number of carbonyl (C=O) groups excluding carboxylic acids is 3. The van der Waals surface area contributed by atoms with Crippen molar-refractivity contribution in [2.24, 2.45) is 5.92 Å². The van der Waals surface area contributed by atoms with Crippen molar-refractivity contribution in [1.82, 2.24) is 0 Å². The minimum atomic E-state index is -3.61. The molecule has 21 heavy (non-hydrogen) atoms. The van der Waals surface area contributed by atoms with Gasteiger partial charge in [0.05, 0.1) is 12.2 Å². The largest absolute Gasteiger partial charge is 0.701 e. The summed E-state index contributed by atoms with van der Waals surface area (Å²) in [6, 6.07) is 0. The van der Waals surface area contributed by atoms with Crippen molar-refractivity contribution in [1.29, 1.82) is 0 Å². The van der Waals surface area contributed by atoms with Gasteiger partial charge < -0.3 is 18.0 Å². The van der Waals surface area contributed by atoms with Crippen LogP contribution in [-0.4, -0.2) is 38.9 Å². The van der Waals surface area contributed by atoms with Crippen LogP contribution in [0.3, 0.4) is 0 Å². The predicted octanol–water partition coefficient (Wildman–Crippen LogP) is 1.18. The molecular weight excluding hydrogens is 296 g/mol. The Balaban J connectivity index is 1.87. The second-order valence-corrected chi connectivity index (χ2v) is 7.96. The van der Waals surface area contributed by atoms with Gasteiger partial charge in [0.2, 0.25) is 0 Å². The molecule has 1 aliphatic carbocycles. The van der Waals surface area contributed by atoms with Crippen LogP contribution in [0.4, 0.5) is 0 Å². The average Bonchev–Trinajstić information content (AvgIpc) is 3.03. The van der Waals surface area contributed by atoms with E-state index in [1.807, 2.05) is 0 Å². The van der Waals surface area contributed by atoms with Gasteiger partial charge in [-0.1, -0.05) is 0 Å². The lowest BCUT2D eigenvalue weighted by Crippen LogP contribution is -2.47. The van der Waals surface area contributed by atoms with Crippen molar-refractivity contribution in [2.75, 3.05) is 0 Å². The fourth-order valence-corrected chi connectivity index (χ4v) is 4.41. The molecule has 2 aliphatic rings. The van der Waals surface area contributed by atoms with Gasteiger partial charge in [-0.3, -0.25) is 14.4 Å². The highest BCUT2D eigenvalue weighted by Gasteiger charge is 2.48. The zero-order valence-electron chi connectivity index (χ0n) is 12.4. The highest BCUT2D eigenvalue weighted by atomic mass is 28.4. The Hall–Kier alpha value is -1.41. The van der Waals surface area contributed by atoms with E-state index in [9.17, 15) is 14.4 Å². The van der Waals surface area contributed by atoms with Crippen LogP contribution in [0.2, 0.25) is 6.55 Å². The summed E-state index contributed by atoms with van der Waals surface area (Å²) in [4.78, 5) is 34.1. The molecule has 1 saturated carbocycles. The van der Waals surface area contributed by atoms with Gasteiger partial charge in [0.1, 0.15) is 0 Å². The van der Waals surface area contributed by atoms with Gasteiger partial charge in [0.25, 0.3) is 17.9 Å². The van der Waals surface area contributed by atoms with Crippen molar-refractivity contribution in [3.63, 3.8) is 0 Å². The lowest BCUT2D eigenvalue weighted by Gasteiger charge is -2.24. The lowest BCUT2D eigenvalue weighted by molar-refractivity contribution is -0.148. The van der Waals surface area contributed by atoms with E-state index < -0.39 is 26.7 Å². The SMILES string of the molecule is CC(=O)O[Si](C)(OC(C)=O)OC(=O)CC1CCC2OC2C1. The van der Waals surface area contributed by atoms with Crippen LogP contribution in [-0.2, 0) is 32.4 Å². The van der Waals surface area contributed by atoms with Crippen LogP contribution in [0.15, 0.2) is 0 Å². The summed E-state index contributed by atoms with van der Waals surface area (Å²) < 4.78 is 20.5. The van der Waals surface area contributed by atoms with Crippen LogP contribution in [0.5, 0.6) is 0 Å². The second-order valence-electron chi connectivity index (χ2n) is 5.62. The van der Waals surface area contributed by atoms with Gasteiger partial charge in [-0.2, -0.15) is 0 Å². The Labute approximate surface area is 124 Å². The molecule has 0 radical (unpaired) electrons. The maximum absolute atomic E-state index is 12.0. The van der Waals surface area contributed by atoms with Crippen LogP contribution in [0.1, 0.15) is 39.5 Å². The Morgan fingerprint density at radius 1 is 1.05 bits per heavy atom. The van der Waals surface area contributed by atoms with E-state index in [1.165, 1.54) is 20.4 Å². The van der Waals surface area contributed by atoms with E-state index in [1.54, 1.807) is 0 Å². The van der Waals surface area contributed by atoms with E-state index in [4.69, 9.17) is 18.0 Å². The zero-order valence-corrected chi connectivity index (χ0v) is 13.4. The molecule has 1 heterocycles. The van der Waals surface area contributed by atoms with Gasteiger partial charge in [0.15, 0.2) is 0 Å². The minimum absolute atomic E-state index is 0.203. The quantitative estimate of drug-likeness (QED) is 0.555. The number of ether oxygens (including phenoxy) is 1. The molecule has 1 aliphatic heterocycles. The van der Waals surface area contributed by atoms with Crippen molar-refractivity contribution < 1.29 is 32.4 Å². The maximum Gasteiger partial charge on any atom is 0.701 e. The first-order valence-electron chi connectivity index (χ1n) is 7.04. The average molecular weight is 316 g/mol. The zero-order chi connectivity index (χ0) is 15.6. The summed E-state index contributed by atoms with van der Waals surface area (Å²) in [6.07, 6.45) is 3.60. The first-order valence-corrected chi connectivity index (χ1v) is 9.26. The molecule has 2 fully saturated rings. The molecule has 7 nitrogen and oxygen atoms in total. The maximum atomic E-state index is 12.0. The van der Waals surface area contributed by atoms with Gasteiger partial charge in [-0.15, -0.1) is 0 Å². The molecule has 0 bridgehead atoms. The number of carbonyl (C=O) groups is 3. The van der Waals surface area contributed by atoms with Crippen LogP contribution in [0, 0.1) is 5.92 Å². The summed E-state index contributed by atoms with van der Waals surface area (Å²) in [5.74, 6) is -1.60. The number of rotatable bonds is 5. The van der Waals surface area contributed by atoms with Crippen molar-refractivity contribution in [3.05, 3.63) is 0 Å². The molecule has 0 amide bonds. The van der Waals surface area contributed by atoms with Gasteiger partial charge in [-0.05, 0) is 25.2 Å². The Morgan fingerprint density at radius 3 is 2.19 bits per heavy atom. The van der Waals surface area contributed by atoms with E-state index in [0.29, 0.717) is 6.10 Å². The summed E-state index contributed by atoms with van der Waals surface area (Å²) in [7, 11) is -3.61. The molecule has 2 rings (SSSR count). The molecule has 118 valence electrons. The van der Waals surface area contributed by atoms with E-state index in [0.717, 1.165) is 19.3 Å². The number of hydrogen-bond acceptors (Lipinski definition) is 7. The van der Waals surface area contributed by atoms with Crippen molar-refractivity contribution in [2.45, 2.75) is 58.3 Å². The third kappa shape index (κ3) is 4.82. The molecule has 1 saturated heterocycles. The third-order valence-corrected chi connectivity index (χ3v) is 5.44. The Morgan fingerprint density at radius 2 is 1.67 bits per heavy atom. The minimum Gasteiger partial charge on any atom is -0.455 e. The predicted molar refractivity (Wildman–Crippen MR) is 71.9 cm³/mol. The van der Waals surface area contributed by atoms with E-state index >= 15 is 0 Å². The van der Waals surface area contributed by atoms with Crippen molar-refractivity contribution in [3.8, 4) is 0 Å². The Kier molecular flexibility index (Phi) is 4.67. The third-order valence-electron chi connectivity index (χ3n) is 3.53. The summed E-state index contributed by atoms with van der Waals surface area (Å²) >= 11 is 0. The van der Waals surface area contributed by atoms with E-state index in [-0.39, 0.29) is 18.4 Å². The molecule has 0 spiro atoms. The molecule has 3 atom stereocenters. The monoisotopic (exact) mass is 316 g/mol. The topological polar surface area (TPSA) is 91.4 Å². The van der Waals surface area contributed by atoms with Crippen LogP contribution < -0.4 is 0 Å². The normalized spacial score (nSPS) is 27.3. The summed E-state index contributed by atoms with van der Waals surface area (Å²) in [5, 5.41) is 0. The highest BCUT2D eigenvalue weighted by molar-refractivity contribution is 6.64. The number of fused-ring (bicyclic) bond motifs is 1. The number of hydrogen-bond donors (Lipinski definition) is 0. The molecule has 3 unspecified atom stereocenters. The Bertz CT molecular complexity index is 434.